The number of carbonyl (C=O) groups excluding carboxylic acids is 1. The van der Waals surface area contributed by atoms with Crippen LogP contribution in [0.2, 0.25) is 0 Å². The predicted octanol–water partition coefficient (Wildman–Crippen LogP) is 1.19. The van der Waals surface area contributed by atoms with Crippen molar-refractivity contribution in [1.29, 1.82) is 0 Å². The van der Waals surface area contributed by atoms with Crippen molar-refractivity contribution in [3.8, 4) is 0 Å². The van der Waals surface area contributed by atoms with Crippen LogP contribution in [-0.4, -0.2) is 41.9 Å². The number of rotatable bonds is 6. The van der Waals surface area contributed by atoms with Crippen LogP contribution in [0.5, 0.6) is 0 Å². The molecule has 1 fully saturated rings. The molecule has 1 saturated carbocycles. The van der Waals surface area contributed by atoms with Gasteiger partial charge in [-0.15, -0.1) is 0 Å². The van der Waals surface area contributed by atoms with Gasteiger partial charge in [-0.3, -0.25) is 0 Å². The van der Waals surface area contributed by atoms with Gasteiger partial charge >= 0.3 is 5.97 Å². The molecule has 1 aromatic heterocycles. The minimum Gasteiger partial charge on any atom is -0.462 e. The van der Waals surface area contributed by atoms with E-state index in [-0.39, 0.29) is 6.61 Å². The van der Waals surface area contributed by atoms with Crippen LogP contribution in [0.15, 0.2) is 12.3 Å². The minimum absolute atomic E-state index is 0.0290. The molecule has 110 valence electrons. The van der Waals surface area contributed by atoms with Gasteiger partial charge in [0.15, 0.2) is 5.82 Å². The topological polar surface area (TPSA) is 88.7 Å². The number of nitrogens with two attached hydrogens (primary N) is 1. The number of anilines is 2. The van der Waals surface area contributed by atoms with Crippen molar-refractivity contribution in [3.63, 3.8) is 0 Å². The molecule has 0 unspecified atom stereocenters. The number of hydrogen-bond acceptors (Lipinski definition) is 6. The largest absolute Gasteiger partial charge is 0.462 e. The van der Waals surface area contributed by atoms with Gasteiger partial charge in [0.05, 0.1) is 24.5 Å². The number of nitrogens with zero attached hydrogens (tertiary/aromatic N) is 2. The lowest BCUT2D eigenvalue weighted by atomic mass is 9.91. The Morgan fingerprint density at radius 2 is 2.35 bits per heavy atom. The molecule has 6 nitrogen and oxygen atoms in total. The van der Waals surface area contributed by atoms with Gasteiger partial charge in [-0.2, -0.15) is 0 Å². The standard InChI is InChI=1S/C14H21N3O3/c1-2-20-14(19)11-6-7-16-13(12(11)15)17(8-9-18)10-4-3-5-10/h6-7,10,18H,2-5,8-9,15H2,1H3. The molecular weight excluding hydrogens is 258 g/mol. The van der Waals surface area contributed by atoms with E-state index in [2.05, 4.69) is 4.98 Å². The van der Waals surface area contributed by atoms with Gasteiger partial charge in [-0.1, -0.05) is 0 Å². The summed E-state index contributed by atoms with van der Waals surface area (Å²) in [6, 6.07) is 1.91. The number of aromatic nitrogens is 1. The van der Waals surface area contributed by atoms with Crippen molar-refractivity contribution < 1.29 is 14.6 Å². The Kier molecular flexibility index (Phi) is 4.79. The molecule has 0 aliphatic heterocycles. The first-order valence-corrected chi connectivity index (χ1v) is 6.98. The summed E-state index contributed by atoms with van der Waals surface area (Å²) >= 11 is 0. The van der Waals surface area contributed by atoms with Gasteiger partial charge in [0.2, 0.25) is 0 Å². The molecule has 20 heavy (non-hydrogen) atoms. The number of aliphatic hydroxyl groups excluding tert-OH is 1. The zero-order valence-corrected chi connectivity index (χ0v) is 11.7. The Hall–Kier alpha value is -1.82. The van der Waals surface area contributed by atoms with E-state index in [0.717, 1.165) is 12.8 Å². The molecule has 6 heteroatoms. The Labute approximate surface area is 118 Å². The number of ether oxygens (including phenoxy) is 1. The number of nitrogen functional groups attached to an aromatic ring is 1. The lowest BCUT2D eigenvalue weighted by Crippen LogP contribution is -2.43. The summed E-state index contributed by atoms with van der Waals surface area (Å²) in [4.78, 5) is 18.1. The van der Waals surface area contributed by atoms with Crippen LogP contribution in [-0.2, 0) is 4.74 Å². The molecule has 1 aliphatic carbocycles. The van der Waals surface area contributed by atoms with Gasteiger partial charge in [0.25, 0.3) is 0 Å². The van der Waals surface area contributed by atoms with E-state index in [0.29, 0.717) is 36.3 Å². The van der Waals surface area contributed by atoms with E-state index in [1.165, 1.54) is 6.42 Å². The highest BCUT2D eigenvalue weighted by Crippen LogP contribution is 2.32. The Balaban J connectivity index is 2.29. The van der Waals surface area contributed by atoms with Crippen LogP contribution < -0.4 is 10.6 Å². The molecule has 0 aromatic carbocycles. The highest BCUT2D eigenvalue weighted by molar-refractivity contribution is 5.97. The third-order valence-corrected chi connectivity index (χ3v) is 3.59. The van der Waals surface area contributed by atoms with E-state index in [4.69, 9.17) is 10.5 Å². The SMILES string of the molecule is CCOC(=O)c1ccnc(N(CCO)C2CCC2)c1N. The molecule has 0 bridgehead atoms. The fourth-order valence-corrected chi connectivity index (χ4v) is 2.35. The number of carbonyl (C=O) groups is 1. The van der Waals surface area contributed by atoms with Crippen molar-refractivity contribution in [2.75, 3.05) is 30.4 Å². The van der Waals surface area contributed by atoms with Crippen LogP contribution in [0.25, 0.3) is 0 Å². The monoisotopic (exact) mass is 279 g/mol. The first-order valence-electron chi connectivity index (χ1n) is 6.98. The van der Waals surface area contributed by atoms with Gasteiger partial charge in [-0.25, -0.2) is 9.78 Å². The maximum Gasteiger partial charge on any atom is 0.340 e. The van der Waals surface area contributed by atoms with E-state index >= 15 is 0 Å². The maximum atomic E-state index is 11.9. The lowest BCUT2D eigenvalue weighted by Gasteiger charge is -2.38. The molecule has 0 radical (unpaired) electrons. The summed E-state index contributed by atoms with van der Waals surface area (Å²) in [5, 5.41) is 9.22. The van der Waals surface area contributed by atoms with E-state index < -0.39 is 5.97 Å². The van der Waals surface area contributed by atoms with Gasteiger partial charge in [0, 0.05) is 18.8 Å². The first-order chi connectivity index (χ1) is 9.69. The third-order valence-electron chi connectivity index (χ3n) is 3.59. The fraction of sp³-hybridized carbons (Fsp3) is 0.571. The van der Waals surface area contributed by atoms with Crippen molar-refractivity contribution in [1.82, 2.24) is 4.98 Å². The number of aliphatic hydroxyl groups is 1. The van der Waals surface area contributed by atoms with Crippen LogP contribution in [0.1, 0.15) is 36.5 Å². The van der Waals surface area contributed by atoms with Crippen LogP contribution >= 0.6 is 0 Å². The Morgan fingerprint density at radius 1 is 1.60 bits per heavy atom. The summed E-state index contributed by atoms with van der Waals surface area (Å²) in [5.74, 6) is 0.125. The number of hydrogen-bond donors (Lipinski definition) is 2. The summed E-state index contributed by atoms with van der Waals surface area (Å²) in [5.41, 5.74) is 6.73. The van der Waals surface area contributed by atoms with Gasteiger partial charge < -0.3 is 20.5 Å². The predicted molar refractivity (Wildman–Crippen MR) is 76.7 cm³/mol. The molecule has 2 rings (SSSR count). The first kappa shape index (κ1) is 14.6. The van der Waals surface area contributed by atoms with Crippen LogP contribution in [0, 0.1) is 0 Å². The van der Waals surface area contributed by atoms with Crippen LogP contribution in [0.3, 0.4) is 0 Å². The average Bonchev–Trinajstić information content (AvgIpc) is 2.37. The molecule has 1 aromatic rings. The van der Waals surface area contributed by atoms with E-state index in [1.807, 2.05) is 4.90 Å². The molecule has 0 saturated heterocycles. The third kappa shape index (κ3) is 2.85. The van der Waals surface area contributed by atoms with Crippen molar-refractivity contribution in [2.24, 2.45) is 0 Å². The number of pyridine rings is 1. The molecule has 1 aliphatic rings. The van der Waals surface area contributed by atoms with E-state index in [9.17, 15) is 9.90 Å². The van der Waals surface area contributed by atoms with E-state index in [1.54, 1.807) is 19.2 Å². The maximum absolute atomic E-state index is 11.9. The zero-order chi connectivity index (χ0) is 14.5. The highest BCUT2D eigenvalue weighted by Gasteiger charge is 2.28. The molecule has 3 N–H and O–H groups in total. The number of esters is 1. The normalized spacial score (nSPS) is 14.7. The second-order valence-electron chi connectivity index (χ2n) is 4.82. The molecule has 0 spiro atoms. The molecular formula is C14H21N3O3. The summed E-state index contributed by atoms with van der Waals surface area (Å²) < 4.78 is 4.99. The van der Waals surface area contributed by atoms with Crippen LogP contribution in [0.4, 0.5) is 11.5 Å². The van der Waals surface area contributed by atoms with Crippen molar-refractivity contribution in [3.05, 3.63) is 17.8 Å². The van der Waals surface area contributed by atoms with Gasteiger partial charge in [0.1, 0.15) is 0 Å². The van der Waals surface area contributed by atoms with Crippen molar-refractivity contribution in [2.45, 2.75) is 32.2 Å². The smallest absolute Gasteiger partial charge is 0.340 e. The Bertz CT molecular complexity index is 475. The summed E-state index contributed by atoms with van der Waals surface area (Å²) in [6.07, 6.45) is 4.85. The molecule has 0 amide bonds. The minimum atomic E-state index is -0.439. The summed E-state index contributed by atoms with van der Waals surface area (Å²) in [7, 11) is 0. The van der Waals surface area contributed by atoms with Crippen molar-refractivity contribution >= 4 is 17.5 Å². The summed E-state index contributed by atoms with van der Waals surface area (Å²) in [6.45, 7) is 2.55. The fourth-order valence-electron chi connectivity index (χ4n) is 2.35. The quantitative estimate of drug-likeness (QED) is 0.760. The average molecular weight is 279 g/mol. The second-order valence-corrected chi connectivity index (χ2v) is 4.82. The molecule has 0 atom stereocenters. The van der Waals surface area contributed by atoms with Gasteiger partial charge in [-0.05, 0) is 32.3 Å². The lowest BCUT2D eigenvalue weighted by molar-refractivity contribution is 0.0527. The Morgan fingerprint density at radius 3 is 2.90 bits per heavy atom. The second kappa shape index (κ2) is 6.56. The molecule has 1 heterocycles. The zero-order valence-electron chi connectivity index (χ0n) is 11.7. The highest BCUT2D eigenvalue weighted by atomic mass is 16.5.